The van der Waals surface area contributed by atoms with Crippen LogP contribution in [0.25, 0.3) is 0 Å². The molecule has 4 heteroatoms. The summed E-state index contributed by atoms with van der Waals surface area (Å²) in [5, 5.41) is 14.3. The van der Waals surface area contributed by atoms with Crippen LogP contribution in [0.4, 0.5) is 0 Å². The first-order valence-electron chi connectivity index (χ1n) is 7.64. The van der Waals surface area contributed by atoms with Gasteiger partial charge >= 0.3 is 0 Å². The summed E-state index contributed by atoms with van der Waals surface area (Å²) in [6.45, 7) is 1.93. The molecule has 0 aromatic heterocycles. The van der Waals surface area contributed by atoms with Gasteiger partial charge in [0.15, 0.2) is 0 Å². The van der Waals surface area contributed by atoms with Crippen molar-refractivity contribution in [2.24, 2.45) is 23.7 Å². The van der Waals surface area contributed by atoms with E-state index in [2.05, 4.69) is 5.32 Å². The number of benzene rings is 1. The maximum atomic E-state index is 12.5. The topological polar surface area (TPSA) is 69.2 Å². The number of nitrogens with one attached hydrogen (secondary N) is 1. The standard InChI is InChI=1S/C17H21NO3/c1-10(11-5-3-2-4-6-11)18-16(19)14-12-7-8-13(9-12)15(14)17(20)21/h2-6,10,12-15H,7-9H2,1H3,(H,18,19)(H,20,21)/p-1/t10-,12-,13-,14-,15-/m0/s1. The van der Waals surface area contributed by atoms with Gasteiger partial charge in [0.25, 0.3) is 0 Å². The summed E-state index contributed by atoms with van der Waals surface area (Å²) in [5.74, 6) is -1.88. The molecule has 5 atom stereocenters. The van der Waals surface area contributed by atoms with Crippen LogP contribution in [-0.2, 0) is 9.59 Å². The van der Waals surface area contributed by atoms with Crippen molar-refractivity contribution in [1.82, 2.24) is 5.32 Å². The summed E-state index contributed by atoms with van der Waals surface area (Å²) in [6, 6.07) is 9.60. The molecule has 1 N–H and O–H groups in total. The van der Waals surface area contributed by atoms with Crippen molar-refractivity contribution in [1.29, 1.82) is 0 Å². The third kappa shape index (κ3) is 2.55. The van der Waals surface area contributed by atoms with Crippen LogP contribution in [0.1, 0.15) is 37.8 Å². The Kier molecular flexibility index (Phi) is 3.70. The zero-order valence-electron chi connectivity index (χ0n) is 12.1. The van der Waals surface area contributed by atoms with E-state index in [1.54, 1.807) is 0 Å². The number of carbonyl (C=O) groups is 2. The van der Waals surface area contributed by atoms with Crippen molar-refractivity contribution >= 4 is 11.9 Å². The number of carbonyl (C=O) groups excluding carboxylic acids is 2. The minimum absolute atomic E-state index is 0.111. The molecule has 4 nitrogen and oxygen atoms in total. The first-order valence-corrected chi connectivity index (χ1v) is 7.64. The molecule has 2 bridgehead atoms. The van der Waals surface area contributed by atoms with E-state index in [1.807, 2.05) is 37.3 Å². The first-order chi connectivity index (χ1) is 10.1. The Labute approximate surface area is 124 Å². The number of carboxylic acids is 1. The highest BCUT2D eigenvalue weighted by molar-refractivity contribution is 5.85. The largest absolute Gasteiger partial charge is 0.550 e. The van der Waals surface area contributed by atoms with E-state index in [4.69, 9.17) is 0 Å². The van der Waals surface area contributed by atoms with E-state index in [-0.39, 0.29) is 23.8 Å². The highest BCUT2D eigenvalue weighted by atomic mass is 16.4. The second-order valence-corrected chi connectivity index (χ2v) is 6.34. The zero-order chi connectivity index (χ0) is 15.0. The highest BCUT2D eigenvalue weighted by Gasteiger charge is 2.51. The minimum atomic E-state index is -1.06. The van der Waals surface area contributed by atoms with Gasteiger partial charge in [-0.3, -0.25) is 4.79 Å². The molecule has 0 unspecified atom stereocenters. The van der Waals surface area contributed by atoms with Crippen LogP contribution in [0.15, 0.2) is 30.3 Å². The Bertz CT molecular complexity index is 542. The molecule has 0 heterocycles. The average Bonchev–Trinajstić information content (AvgIpc) is 3.08. The van der Waals surface area contributed by atoms with Gasteiger partial charge in [0.1, 0.15) is 0 Å². The number of carboxylic acid groups (broad SMARTS) is 1. The Morgan fingerprint density at radius 3 is 2.38 bits per heavy atom. The number of aliphatic carboxylic acids is 1. The molecule has 0 saturated heterocycles. The molecule has 0 aliphatic heterocycles. The lowest BCUT2D eigenvalue weighted by molar-refractivity contribution is -0.314. The summed E-state index contributed by atoms with van der Waals surface area (Å²) in [5.41, 5.74) is 1.03. The third-order valence-electron chi connectivity index (χ3n) is 5.15. The Morgan fingerprint density at radius 1 is 1.14 bits per heavy atom. The van der Waals surface area contributed by atoms with E-state index in [0.717, 1.165) is 24.8 Å². The number of hydrogen-bond acceptors (Lipinski definition) is 3. The summed E-state index contributed by atoms with van der Waals surface area (Å²) >= 11 is 0. The smallest absolute Gasteiger partial charge is 0.224 e. The quantitative estimate of drug-likeness (QED) is 0.906. The van der Waals surface area contributed by atoms with Crippen LogP contribution in [0, 0.1) is 23.7 Å². The van der Waals surface area contributed by atoms with Crippen LogP contribution in [0.5, 0.6) is 0 Å². The fourth-order valence-electron chi connectivity index (χ4n) is 4.14. The van der Waals surface area contributed by atoms with Crippen molar-refractivity contribution in [2.75, 3.05) is 0 Å². The number of fused-ring (bicyclic) bond motifs is 2. The Morgan fingerprint density at radius 2 is 1.76 bits per heavy atom. The number of rotatable bonds is 4. The van der Waals surface area contributed by atoms with Crippen LogP contribution >= 0.6 is 0 Å². The fourth-order valence-corrected chi connectivity index (χ4v) is 4.14. The Hall–Kier alpha value is -1.84. The molecule has 0 radical (unpaired) electrons. The highest BCUT2D eigenvalue weighted by Crippen LogP contribution is 2.52. The SMILES string of the molecule is C[C@H](NC(=O)[C@H]1[C@H]2CC[C@@H](C2)[C@@H]1C(=O)[O-])c1ccccc1. The van der Waals surface area contributed by atoms with Crippen LogP contribution < -0.4 is 10.4 Å². The van der Waals surface area contributed by atoms with E-state index >= 15 is 0 Å². The van der Waals surface area contributed by atoms with Gasteiger partial charge in [0.05, 0.1) is 6.04 Å². The van der Waals surface area contributed by atoms with E-state index in [9.17, 15) is 14.7 Å². The number of amides is 1. The molecule has 2 aliphatic rings. The third-order valence-corrected chi connectivity index (χ3v) is 5.15. The molecule has 2 fully saturated rings. The normalized spacial score (nSPS) is 31.9. The van der Waals surface area contributed by atoms with Crippen molar-refractivity contribution < 1.29 is 14.7 Å². The van der Waals surface area contributed by atoms with Gasteiger partial charge in [0, 0.05) is 17.8 Å². The molecule has 1 aromatic rings. The monoisotopic (exact) mass is 286 g/mol. The minimum Gasteiger partial charge on any atom is -0.550 e. The lowest BCUT2D eigenvalue weighted by atomic mass is 9.78. The maximum Gasteiger partial charge on any atom is 0.224 e. The maximum absolute atomic E-state index is 12.5. The molecule has 3 rings (SSSR count). The van der Waals surface area contributed by atoms with Crippen molar-refractivity contribution in [3.8, 4) is 0 Å². The lowest BCUT2D eigenvalue weighted by Crippen LogP contribution is -2.46. The number of hydrogen-bond donors (Lipinski definition) is 1. The van der Waals surface area contributed by atoms with Crippen LogP contribution in [-0.4, -0.2) is 11.9 Å². The first kappa shape index (κ1) is 14.1. The van der Waals surface area contributed by atoms with Crippen LogP contribution in [0.3, 0.4) is 0 Å². The van der Waals surface area contributed by atoms with Gasteiger partial charge in [-0.15, -0.1) is 0 Å². The summed E-state index contributed by atoms with van der Waals surface area (Å²) in [6.07, 6.45) is 2.74. The van der Waals surface area contributed by atoms with Gasteiger partial charge in [-0.25, -0.2) is 0 Å². The van der Waals surface area contributed by atoms with Gasteiger partial charge in [-0.2, -0.15) is 0 Å². The van der Waals surface area contributed by atoms with E-state index in [1.165, 1.54) is 0 Å². The van der Waals surface area contributed by atoms with E-state index in [0.29, 0.717) is 0 Å². The summed E-state index contributed by atoms with van der Waals surface area (Å²) in [4.78, 5) is 23.9. The lowest BCUT2D eigenvalue weighted by Gasteiger charge is -2.31. The van der Waals surface area contributed by atoms with Gasteiger partial charge < -0.3 is 15.2 Å². The summed E-state index contributed by atoms with van der Waals surface area (Å²) < 4.78 is 0. The average molecular weight is 286 g/mol. The Balaban J connectivity index is 1.72. The second-order valence-electron chi connectivity index (χ2n) is 6.34. The predicted molar refractivity (Wildman–Crippen MR) is 75.8 cm³/mol. The molecule has 112 valence electrons. The summed E-state index contributed by atoms with van der Waals surface area (Å²) in [7, 11) is 0. The molecular formula is C17H20NO3-. The van der Waals surface area contributed by atoms with Gasteiger partial charge in [-0.05, 0) is 43.6 Å². The van der Waals surface area contributed by atoms with Gasteiger partial charge in [-0.1, -0.05) is 30.3 Å². The zero-order valence-corrected chi connectivity index (χ0v) is 12.1. The van der Waals surface area contributed by atoms with Gasteiger partial charge in [0.2, 0.25) is 5.91 Å². The second kappa shape index (κ2) is 5.51. The molecule has 21 heavy (non-hydrogen) atoms. The molecule has 2 aliphatic carbocycles. The molecule has 1 aromatic carbocycles. The van der Waals surface area contributed by atoms with Crippen molar-refractivity contribution in [3.63, 3.8) is 0 Å². The predicted octanol–water partition coefficient (Wildman–Crippen LogP) is 1.28. The van der Waals surface area contributed by atoms with Crippen LogP contribution in [0.2, 0.25) is 0 Å². The fraction of sp³-hybridized carbons (Fsp3) is 0.529. The molecular weight excluding hydrogens is 266 g/mol. The van der Waals surface area contributed by atoms with E-state index < -0.39 is 17.8 Å². The van der Waals surface area contributed by atoms with Crippen molar-refractivity contribution in [3.05, 3.63) is 35.9 Å². The molecule has 1 amide bonds. The van der Waals surface area contributed by atoms with Crippen molar-refractivity contribution in [2.45, 2.75) is 32.2 Å². The molecule has 0 spiro atoms. The molecule has 2 saturated carbocycles.